The second-order valence-corrected chi connectivity index (χ2v) is 15.2. The first-order valence-electron chi connectivity index (χ1n) is 17.2. The maximum absolute atomic E-state index is 11.7. The minimum atomic E-state index is -0.873. The maximum atomic E-state index is 11.7. The van der Waals surface area contributed by atoms with Crippen molar-refractivity contribution in [2.45, 2.75) is 66.2 Å². The van der Waals surface area contributed by atoms with E-state index in [1.54, 1.807) is 0 Å². The van der Waals surface area contributed by atoms with E-state index in [0.29, 0.717) is 31.6 Å². The van der Waals surface area contributed by atoms with Crippen LogP contribution in [0.15, 0.2) is 24.3 Å². The number of carboxylic acid groups (broad SMARTS) is 2. The van der Waals surface area contributed by atoms with Crippen LogP contribution in [0.3, 0.4) is 0 Å². The highest BCUT2D eigenvalue weighted by Crippen LogP contribution is 2.37. The molecule has 0 radical (unpaired) electrons. The van der Waals surface area contributed by atoms with Gasteiger partial charge in [0, 0.05) is 59.5 Å². The van der Waals surface area contributed by atoms with Gasteiger partial charge in [0.05, 0.1) is 22.8 Å². The number of hydrogen-bond acceptors (Lipinski definition) is 8. The van der Waals surface area contributed by atoms with Gasteiger partial charge in [-0.25, -0.2) is 9.97 Å². The van der Waals surface area contributed by atoms with Gasteiger partial charge in [0.2, 0.25) is 0 Å². The second kappa shape index (κ2) is 22.8. The number of nitrogens with one attached hydrogen (secondary N) is 2. The summed E-state index contributed by atoms with van der Waals surface area (Å²) < 4.78 is 0. The molecule has 0 unspecified atom stereocenters. The van der Waals surface area contributed by atoms with Crippen LogP contribution in [-0.4, -0.2) is 78.2 Å². The lowest BCUT2D eigenvalue weighted by Gasteiger charge is -2.05. The van der Waals surface area contributed by atoms with Crippen LogP contribution in [0, 0.1) is 13.8 Å². The lowest BCUT2D eigenvalue weighted by molar-refractivity contribution is -0.137. The molecule has 3 aromatic rings. The van der Waals surface area contributed by atoms with Crippen LogP contribution < -0.4 is 11.5 Å². The highest BCUT2D eigenvalue weighted by atomic mass is 35.5. The van der Waals surface area contributed by atoms with Crippen molar-refractivity contribution in [3.63, 3.8) is 0 Å². The van der Waals surface area contributed by atoms with Crippen LogP contribution >= 0.6 is 73.2 Å². The summed E-state index contributed by atoms with van der Waals surface area (Å²) in [4.78, 5) is 41.0. The average molecular weight is 863 g/mol. The Morgan fingerprint density at radius 1 is 0.574 bits per heavy atom. The molecule has 0 saturated heterocycles. The molecule has 0 spiro atoms. The molecule has 54 heavy (non-hydrogen) atoms. The Labute approximate surface area is 350 Å². The van der Waals surface area contributed by atoms with Gasteiger partial charge in [-0.3, -0.25) is 9.59 Å². The molecule has 8 bridgehead atoms. The molecule has 0 atom stereocenters. The molecule has 5 heterocycles. The van der Waals surface area contributed by atoms with Gasteiger partial charge in [0.15, 0.2) is 0 Å². The minimum Gasteiger partial charge on any atom is -0.481 e. The van der Waals surface area contributed by atoms with Crippen LogP contribution in [0.5, 0.6) is 0 Å². The molecular formula is C38H52Cl4N6O4S2. The summed E-state index contributed by atoms with van der Waals surface area (Å²) in [6.07, 6.45) is 2.33. The molecule has 0 amide bonds. The molecule has 2 aliphatic rings. The quantitative estimate of drug-likeness (QED) is 0.0762. The number of nitrogens with zero attached hydrogens (tertiary/aromatic N) is 2. The van der Waals surface area contributed by atoms with Crippen LogP contribution in [0.1, 0.15) is 84.6 Å². The van der Waals surface area contributed by atoms with E-state index in [1.165, 1.54) is 11.1 Å². The predicted molar refractivity (Wildman–Crippen MR) is 238 cm³/mol. The van der Waals surface area contributed by atoms with E-state index in [9.17, 15) is 19.8 Å². The zero-order chi connectivity index (χ0) is 35.9. The number of aryl methyl sites for hydroxylation is 4. The monoisotopic (exact) mass is 860 g/mol. The van der Waals surface area contributed by atoms with Gasteiger partial charge in [0.1, 0.15) is 0 Å². The third-order valence-corrected chi connectivity index (χ3v) is 11.5. The molecule has 3 aromatic heterocycles. The van der Waals surface area contributed by atoms with E-state index in [1.807, 2.05) is 43.4 Å². The zero-order valence-corrected chi connectivity index (χ0v) is 35.9. The summed E-state index contributed by atoms with van der Waals surface area (Å²) in [5.74, 6) is 1.92. The number of allylic oxidation sites excluding steroid dienone is 4. The third-order valence-electron chi connectivity index (χ3n) is 9.50. The topological polar surface area (TPSA) is 184 Å². The summed E-state index contributed by atoms with van der Waals surface area (Å²) >= 11 is 3.67. The lowest BCUT2D eigenvalue weighted by Crippen LogP contribution is -2.02. The average Bonchev–Trinajstić information content (AvgIpc) is 3.73. The van der Waals surface area contributed by atoms with Crippen molar-refractivity contribution in [1.29, 1.82) is 0 Å². The van der Waals surface area contributed by atoms with Crippen LogP contribution in [0.4, 0.5) is 0 Å². The molecule has 298 valence electrons. The Bertz CT molecular complexity index is 2030. The van der Waals surface area contributed by atoms with E-state index in [2.05, 4.69) is 42.0 Å². The van der Waals surface area contributed by atoms with Crippen LogP contribution in [0.25, 0.3) is 44.4 Å². The molecule has 16 heteroatoms. The smallest absolute Gasteiger partial charge is 0.303 e. The largest absolute Gasteiger partial charge is 0.481 e. The number of hydrogen-bond donors (Lipinski definition) is 6. The summed E-state index contributed by atoms with van der Waals surface area (Å²) in [7, 11) is 0. The minimum absolute atomic E-state index is 0. The number of rotatable bonds is 16. The Morgan fingerprint density at radius 2 is 0.963 bits per heavy atom. The Hall–Kier alpha value is -2.68. The third kappa shape index (κ3) is 11.7. The highest BCUT2D eigenvalue weighted by Gasteiger charge is 2.22. The molecule has 8 N–H and O–H groups in total. The fourth-order valence-corrected chi connectivity index (χ4v) is 8.11. The van der Waals surface area contributed by atoms with Crippen molar-refractivity contribution in [3.05, 3.63) is 69.3 Å². The zero-order valence-electron chi connectivity index (χ0n) is 31.0. The van der Waals surface area contributed by atoms with Crippen molar-refractivity contribution in [2.24, 2.45) is 11.5 Å². The summed E-state index contributed by atoms with van der Waals surface area (Å²) in [6.45, 7) is 9.56. The molecule has 2 aliphatic heterocycles. The van der Waals surface area contributed by atoms with Gasteiger partial charge in [-0.2, -0.15) is 23.5 Å². The SMILES string of the molecule is CC1=C(CCSCCN)c2cc3[nH]c(cc4nc(cc5[nH]c(cc1n2)c(CCSCCN)c5C)C(C)=C4CCC(=O)O)c(CCC(=O)O)c3C.Cl.Cl.Cl.Cl. The summed E-state index contributed by atoms with van der Waals surface area (Å²) in [5.41, 5.74) is 26.8. The number of carboxylic acids is 2. The van der Waals surface area contributed by atoms with Gasteiger partial charge in [-0.05, 0) is 134 Å². The van der Waals surface area contributed by atoms with Crippen LogP contribution in [0.2, 0.25) is 0 Å². The molecule has 0 aliphatic carbocycles. The normalized spacial score (nSPS) is 12.1. The number of carbonyl (C=O) groups is 2. The van der Waals surface area contributed by atoms with E-state index >= 15 is 0 Å². The number of H-pyrrole nitrogens is 2. The van der Waals surface area contributed by atoms with Crippen molar-refractivity contribution < 1.29 is 19.8 Å². The molecule has 0 fully saturated rings. The number of aliphatic carboxylic acids is 2. The Balaban J connectivity index is 0.00000364. The van der Waals surface area contributed by atoms with E-state index in [-0.39, 0.29) is 62.5 Å². The standard InChI is InChI=1S/C38H48N6O4S2.4ClH/c1-21-25(5-7-37(45)46)35-20-36-26(6-8-38(47)48)22(2)31(44-36)18-34-28(10-14-50-16-12-40)24(4)32(43-34)19-33-27(9-13-49-15-11-39)23(3)30(41-33)17-29(21)42-35;;;;/h17-20,41,44H,5-16,39-40H2,1-4H3,(H,45,46)(H,47,48);4*1H. The molecule has 0 saturated carbocycles. The Kier molecular flexibility index (Phi) is 20.8. The van der Waals surface area contributed by atoms with Crippen molar-refractivity contribution in [2.75, 3.05) is 36.1 Å². The van der Waals surface area contributed by atoms with Crippen molar-refractivity contribution in [1.82, 2.24) is 19.9 Å². The number of fused-ring (bicyclic) bond motifs is 8. The first kappa shape index (κ1) is 49.3. The van der Waals surface area contributed by atoms with Gasteiger partial charge in [-0.15, -0.1) is 49.6 Å². The van der Waals surface area contributed by atoms with Gasteiger partial charge in [-0.1, -0.05) is 0 Å². The first-order valence-corrected chi connectivity index (χ1v) is 19.5. The molecule has 10 nitrogen and oxygen atoms in total. The van der Waals surface area contributed by atoms with Crippen molar-refractivity contribution in [3.8, 4) is 0 Å². The van der Waals surface area contributed by atoms with E-state index < -0.39 is 11.9 Å². The highest BCUT2D eigenvalue weighted by molar-refractivity contribution is 7.99. The van der Waals surface area contributed by atoms with Crippen LogP contribution in [-0.2, 0) is 22.4 Å². The maximum Gasteiger partial charge on any atom is 0.303 e. The van der Waals surface area contributed by atoms with E-state index in [0.717, 1.165) is 108 Å². The Morgan fingerprint density at radius 3 is 1.44 bits per heavy atom. The number of halogens is 4. The molecule has 5 rings (SSSR count). The summed E-state index contributed by atoms with van der Waals surface area (Å²) in [5, 5.41) is 19.2. The van der Waals surface area contributed by atoms with Gasteiger partial charge in [0.25, 0.3) is 0 Å². The lowest BCUT2D eigenvalue weighted by atomic mass is 10.00. The fraction of sp³-hybridized carbons (Fsp3) is 0.421. The molecule has 0 aromatic carbocycles. The molecular weight excluding hydrogens is 810 g/mol. The van der Waals surface area contributed by atoms with E-state index in [4.69, 9.17) is 21.4 Å². The number of aromatic amines is 2. The van der Waals surface area contributed by atoms with Crippen molar-refractivity contribution >= 4 is 129 Å². The second-order valence-electron chi connectivity index (χ2n) is 12.8. The van der Waals surface area contributed by atoms with Gasteiger partial charge >= 0.3 is 11.9 Å². The number of aromatic nitrogens is 4. The number of thioether (sulfide) groups is 2. The number of nitrogens with two attached hydrogens (primary N) is 2. The predicted octanol–water partition coefficient (Wildman–Crippen LogP) is 8.68. The first-order chi connectivity index (χ1) is 24.0. The fourth-order valence-electron chi connectivity index (χ4n) is 6.67. The van der Waals surface area contributed by atoms with Gasteiger partial charge < -0.3 is 31.6 Å². The summed E-state index contributed by atoms with van der Waals surface area (Å²) in [6, 6.07) is 8.26.